The van der Waals surface area contributed by atoms with E-state index in [0.717, 1.165) is 16.4 Å². The summed E-state index contributed by atoms with van der Waals surface area (Å²) >= 11 is 0. The molecule has 1 rings (SSSR count). The topological polar surface area (TPSA) is 96.4 Å². The zero-order chi connectivity index (χ0) is 15.2. The molecular weight excluding hydrogens is 285 g/mol. The molecule has 0 heterocycles. The number of hydrogen-bond donors (Lipinski definition) is 1. The number of rotatable bonds is 7. The van der Waals surface area contributed by atoms with Gasteiger partial charge in [0.05, 0.1) is 12.7 Å². The Morgan fingerprint density at radius 3 is 2.75 bits per heavy atom. The van der Waals surface area contributed by atoms with Crippen molar-refractivity contribution in [2.75, 3.05) is 32.5 Å². The summed E-state index contributed by atoms with van der Waals surface area (Å²) in [5.41, 5.74) is 5.65. The Hall–Kier alpha value is -1.69. The van der Waals surface area contributed by atoms with E-state index < -0.39 is 20.7 Å². The number of hydrogen-bond acceptors (Lipinski definition) is 5. The number of nitrogens with two attached hydrogens (primary N) is 1. The molecule has 0 aliphatic rings. The number of sulfonamides is 1. The molecule has 0 bridgehead atoms. The fourth-order valence-electron chi connectivity index (χ4n) is 1.58. The third kappa shape index (κ3) is 3.90. The number of nitrogens with zero attached hydrogens (tertiary/aromatic N) is 2. The highest BCUT2D eigenvalue weighted by atomic mass is 32.2. The van der Waals surface area contributed by atoms with Crippen LogP contribution in [0.25, 0.3) is 0 Å². The molecule has 6 nitrogen and oxygen atoms in total. The van der Waals surface area contributed by atoms with Crippen LogP contribution in [-0.2, 0) is 14.8 Å². The molecule has 110 valence electrons. The number of anilines is 1. The number of nitrogen functional groups attached to an aromatic ring is 1. The number of halogens is 1. The van der Waals surface area contributed by atoms with E-state index in [1.54, 1.807) is 0 Å². The molecule has 2 N–H and O–H groups in total. The predicted molar refractivity (Wildman–Crippen MR) is 71.7 cm³/mol. The van der Waals surface area contributed by atoms with Crippen molar-refractivity contribution in [3.8, 4) is 6.07 Å². The summed E-state index contributed by atoms with van der Waals surface area (Å²) < 4.78 is 44.3. The van der Waals surface area contributed by atoms with E-state index in [2.05, 4.69) is 0 Å². The average Bonchev–Trinajstić information content (AvgIpc) is 2.41. The Bertz CT molecular complexity index is 598. The van der Waals surface area contributed by atoms with Crippen molar-refractivity contribution in [3.63, 3.8) is 0 Å². The van der Waals surface area contributed by atoms with Crippen molar-refractivity contribution < 1.29 is 17.5 Å². The molecule has 0 radical (unpaired) electrons. The second kappa shape index (κ2) is 7.19. The lowest BCUT2D eigenvalue weighted by Crippen LogP contribution is -2.35. The molecule has 0 saturated carbocycles. The Morgan fingerprint density at radius 1 is 1.45 bits per heavy atom. The number of ether oxygens (including phenoxy) is 1. The molecule has 0 atom stereocenters. The standard InChI is InChI=1S/C12H16FN3O3S/c1-19-8-7-16(6-2-5-14)20(17,18)12-9-10(15)3-4-11(12)13/h3-4,9H,2,6-8,15H2,1H3. The fourth-order valence-corrected chi connectivity index (χ4v) is 3.10. The first-order valence-corrected chi connectivity index (χ1v) is 7.28. The lowest BCUT2D eigenvalue weighted by molar-refractivity contribution is 0.179. The van der Waals surface area contributed by atoms with Crippen molar-refractivity contribution in [1.29, 1.82) is 5.26 Å². The molecule has 0 saturated heterocycles. The van der Waals surface area contributed by atoms with Gasteiger partial charge in [-0.25, -0.2) is 12.8 Å². The van der Waals surface area contributed by atoms with E-state index >= 15 is 0 Å². The van der Waals surface area contributed by atoms with Gasteiger partial charge >= 0.3 is 0 Å². The van der Waals surface area contributed by atoms with Crippen LogP contribution in [0.3, 0.4) is 0 Å². The van der Waals surface area contributed by atoms with Gasteiger partial charge in [0, 0.05) is 32.3 Å². The van der Waals surface area contributed by atoms with Crippen LogP contribution in [0, 0.1) is 17.1 Å². The molecule has 0 fully saturated rings. The van der Waals surface area contributed by atoms with Crippen molar-refractivity contribution >= 4 is 15.7 Å². The third-order valence-corrected chi connectivity index (χ3v) is 4.50. The SMILES string of the molecule is COCCN(CCC#N)S(=O)(=O)c1cc(N)ccc1F. The highest BCUT2D eigenvalue weighted by Gasteiger charge is 2.27. The second-order valence-electron chi connectivity index (χ2n) is 3.99. The molecule has 1 aromatic rings. The smallest absolute Gasteiger partial charge is 0.246 e. The first kappa shape index (κ1) is 16.4. The van der Waals surface area contributed by atoms with Crippen molar-refractivity contribution in [2.45, 2.75) is 11.3 Å². The molecular formula is C12H16FN3O3S. The van der Waals surface area contributed by atoms with Crippen LogP contribution in [0.15, 0.2) is 23.1 Å². The quantitative estimate of drug-likeness (QED) is 0.757. The monoisotopic (exact) mass is 301 g/mol. The van der Waals surface area contributed by atoms with Crippen molar-refractivity contribution in [2.24, 2.45) is 0 Å². The highest BCUT2D eigenvalue weighted by molar-refractivity contribution is 7.89. The van der Waals surface area contributed by atoms with E-state index in [4.69, 9.17) is 15.7 Å². The van der Waals surface area contributed by atoms with Crippen LogP contribution in [-0.4, -0.2) is 39.5 Å². The van der Waals surface area contributed by atoms with Gasteiger partial charge in [-0.3, -0.25) is 0 Å². The van der Waals surface area contributed by atoms with E-state index in [1.807, 2.05) is 6.07 Å². The maximum atomic E-state index is 13.7. The first-order valence-electron chi connectivity index (χ1n) is 5.84. The Morgan fingerprint density at radius 2 is 2.15 bits per heavy atom. The van der Waals surface area contributed by atoms with Gasteiger partial charge in [0.2, 0.25) is 10.0 Å². The molecule has 0 amide bonds. The average molecular weight is 301 g/mol. The molecule has 0 spiro atoms. The van der Waals surface area contributed by atoms with Crippen LogP contribution in [0.1, 0.15) is 6.42 Å². The zero-order valence-electron chi connectivity index (χ0n) is 11.0. The van der Waals surface area contributed by atoms with E-state index in [1.165, 1.54) is 13.2 Å². The zero-order valence-corrected chi connectivity index (χ0v) is 11.9. The summed E-state index contributed by atoms with van der Waals surface area (Å²) in [6, 6.07) is 5.21. The normalized spacial score (nSPS) is 11.5. The summed E-state index contributed by atoms with van der Waals surface area (Å²) in [5, 5.41) is 8.58. The van der Waals surface area contributed by atoms with Gasteiger partial charge in [0.25, 0.3) is 0 Å². The van der Waals surface area contributed by atoms with Gasteiger partial charge in [0.1, 0.15) is 10.7 Å². The van der Waals surface area contributed by atoms with Crippen LogP contribution in [0.2, 0.25) is 0 Å². The maximum Gasteiger partial charge on any atom is 0.246 e. The summed E-state index contributed by atoms with van der Waals surface area (Å²) in [6.07, 6.45) is 0.00682. The number of nitriles is 1. The van der Waals surface area contributed by atoms with Crippen LogP contribution in [0.5, 0.6) is 0 Å². The molecule has 0 aromatic heterocycles. The molecule has 0 aliphatic carbocycles. The maximum absolute atomic E-state index is 13.7. The van der Waals surface area contributed by atoms with Gasteiger partial charge in [0.15, 0.2) is 0 Å². The Balaban J connectivity index is 3.14. The minimum Gasteiger partial charge on any atom is -0.399 e. The van der Waals surface area contributed by atoms with Gasteiger partial charge < -0.3 is 10.5 Å². The highest BCUT2D eigenvalue weighted by Crippen LogP contribution is 2.21. The van der Waals surface area contributed by atoms with E-state index in [9.17, 15) is 12.8 Å². The van der Waals surface area contributed by atoms with Crippen LogP contribution in [0.4, 0.5) is 10.1 Å². The van der Waals surface area contributed by atoms with Gasteiger partial charge in [-0.05, 0) is 18.2 Å². The molecule has 8 heteroatoms. The lowest BCUT2D eigenvalue weighted by Gasteiger charge is -2.21. The van der Waals surface area contributed by atoms with Gasteiger partial charge in [-0.1, -0.05) is 0 Å². The summed E-state index contributed by atoms with van der Waals surface area (Å²) in [6.45, 7) is 0.153. The second-order valence-corrected chi connectivity index (χ2v) is 5.90. The van der Waals surface area contributed by atoms with Crippen LogP contribution >= 0.6 is 0 Å². The Kier molecular flexibility index (Phi) is 5.88. The largest absolute Gasteiger partial charge is 0.399 e. The first-order chi connectivity index (χ1) is 9.43. The number of methoxy groups -OCH3 is 1. The van der Waals surface area contributed by atoms with Crippen molar-refractivity contribution in [3.05, 3.63) is 24.0 Å². The summed E-state index contributed by atoms with van der Waals surface area (Å²) in [5.74, 6) is -0.876. The minimum absolute atomic E-state index is 0.00682. The van der Waals surface area contributed by atoms with E-state index in [0.29, 0.717) is 0 Å². The molecule has 20 heavy (non-hydrogen) atoms. The molecule has 1 aromatic carbocycles. The van der Waals surface area contributed by atoms with E-state index in [-0.39, 0.29) is 31.8 Å². The fraction of sp³-hybridized carbons (Fsp3) is 0.417. The third-order valence-electron chi connectivity index (χ3n) is 2.59. The van der Waals surface area contributed by atoms with Crippen LogP contribution < -0.4 is 5.73 Å². The summed E-state index contributed by atoms with van der Waals surface area (Å²) in [7, 11) is -2.62. The predicted octanol–water partition coefficient (Wildman–Crippen LogP) is 0.959. The summed E-state index contributed by atoms with van der Waals surface area (Å²) in [4.78, 5) is -0.494. The number of benzene rings is 1. The molecule has 0 unspecified atom stereocenters. The van der Waals surface area contributed by atoms with Gasteiger partial charge in [-0.2, -0.15) is 9.57 Å². The molecule has 0 aliphatic heterocycles. The minimum atomic E-state index is -4.05. The van der Waals surface area contributed by atoms with Crippen molar-refractivity contribution in [1.82, 2.24) is 4.31 Å². The lowest BCUT2D eigenvalue weighted by atomic mass is 10.3. The Labute approximate surface area is 117 Å². The van der Waals surface area contributed by atoms with Gasteiger partial charge in [-0.15, -0.1) is 0 Å².